The molecule has 104 heavy (non-hydrogen) atoms. The summed E-state index contributed by atoms with van der Waals surface area (Å²) in [5.41, 5.74) is 0. The summed E-state index contributed by atoms with van der Waals surface area (Å²) in [6.45, 7) is 11.9. The Balaban J connectivity index is 5.23. The van der Waals surface area contributed by atoms with E-state index in [1.165, 1.54) is 212 Å². The molecule has 0 heterocycles. The van der Waals surface area contributed by atoms with Crippen molar-refractivity contribution in [2.24, 2.45) is 17.8 Å². The van der Waals surface area contributed by atoms with E-state index in [4.69, 9.17) is 37.0 Å². The van der Waals surface area contributed by atoms with Gasteiger partial charge in [0.15, 0.2) is 12.2 Å². The number of phosphoric ester groups is 2. The van der Waals surface area contributed by atoms with Crippen LogP contribution in [0.15, 0.2) is 24.3 Å². The topological polar surface area (TPSA) is 237 Å². The van der Waals surface area contributed by atoms with Gasteiger partial charge in [-0.25, -0.2) is 9.13 Å². The minimum atomic E-state index is -4.97. The molecule has 17 nitrogen and oxygen atoms in total. The molecule has 0 aliphatic heterocycles. The fourth-order valence-electron chi connectivity index (χ4n) is 12.6. The van der Waals surface area contributed by atoms with Gasteiger partial charge in [-0.3, -0.25) is 37.3 Å². The van der Waals surface area contributed by atoms with Crippen LogP contribution in [0.25, 0.3) is 0 Å². The van der Waals surface area contributed by atoms with Crippen molar-refractivity contribution in [3.8, 4) is 0 Å². The molecule has 4 unspecified atom stereocenters. The third-order valence-electron chi connectivity index (χ3n) is 20.0. The number of hydrogen-bond acceptors (Lipinski definition) is 15. The molecule has 19 heteroatoms. The van der Waals surface area contributed by atoms with E-state index in [1.54, 1.807) is 0 Å². The van der Waals surface area contributed by atoms with Crippen molar-refractivity contribution in [1.82, 2.24) is 0 Å². The van der Waals surface area contributed by atoms with Crippen molar-refractivity contribution in [2.75, 3.05) is 39.6 Å². The lowest BCUT2D eigenvalue weighted by Gasteiger charge is -2.21. The summed E-state index contributed by atoms with van der Waals surface area (Å²) in [6.07, 6.45) is 67.5. The average Bonchev–Trinajstić information content (AvgIpc) is 1.00. The minimum absolute atomic E-state index is 0.0851. The molecule has 3 N–H and O–H groups in total. The number of unbranched alkanes of at least 4 members (excludes halogenated alkanes) is 44. The lowest BCUT2D eigenvalue weighted by atomic mass is 9.99. The van der Waals surface area contributed by atoms with Gasteiger partial charge in [-0.1, -0.05) is 368 Å². The number of rotatable bonds is 81. The van der Waals surface area contributed by atoms with Crippen LogP contribution in [0.2, 0.25) is 0 Å². The SMILES string of the molecule is CCCCCC/C=C\C=C/CCCCCCCC(=O)O[C@H](COC(=O)CCCCCCCCCCCCCCCCC(C)C)COP(=O)(O)OC[C@@H](O)COP(=O)(O)OC[C@@H](COC(=O)CCCCCCCCC(C)CC)OC(=O)CCCCCCCCCCCCCCCCCCCCC(C)CC. The normalized spacial score (nSPS) is 14.6. The Morgan fingerprint density at radius 3 is 0.856 bits per heavy atom. The standard InChI is InChI=1S/C85H162O17P2/c1-8-11-12-13-14-15-16-17-22-30-35-40-45-54-61-68-84(89)101-80(72-95-82(87)66-59-52-44-39-34-29-26-25-27-32-37-42-49-56-63-76(4)5)74-99-103(91,92)97-70-79(86)71-98-104(93,94)100-75-81(73-96-83(88)67-60-53-48-47-51-58-65-78(7)10-3)102-85(90)69-62-55-46-41-36-31-24-21-19-18-20-23-28-33-38-43-50-57-64-77(6)9-2/h15-17,22,76-81,86H,8-14,18-21,23-75H2,1-7H3,(H,91,92)(H,93,94)/b16-15-,22-17-/t77?,78?,79-,80-,81-/m1/s1. The first-order valence-electron chi connectivity index (χ1n) is 43.2. The Bertz CT molecular complexity index is 2110. The van der Waals surface area contributed by atoms with Crippen molar-refractivity contribution in [1.29, 1.82) is 0 Å². The number of carbonyl (C=O) groups is 4. The fourth-order valence-corrected chi connectivity index (χ4v) is 14.2. The van der Waals surface area contributed by atoms with Crippen LogP contribution in [0.1, 0.15) is 421 Å². The lowest BCUT2D eigenvalue weighted by Crippen LogP contribution is -2.30. The predicted molar refractivity (Wildman–Crippen MR) is 427 cm³/mol. The highest BCUT2D eigenvalue weighted by atomic mass is 31.2. The van der Waals surface area contributed by atoms with E-state index >= 15 is 0 Å². The van der Waals surface area contributed by atoms with Gasteiger partial charge in [-0.2, -0.15) is 0 Å². The van der Waals surface area contributed by atoms with E-state index in [0.29, 0.717) is 25.7 Å². The molecule has 0 aliphatic carbocycles. The Morgan fingerprint density at radius 2 is 0.567 bits per heavy atom. The number of aliphatic hydroxyl groups excluding tert-OH is 1. The maximum atomic E-state index is 13.1. The Hall–Kier alpha value is -2.46. The molecule has 0 aromatic rings. The Kier molecular flexibility index (Phi) is 72.9. The first-order valence-corrected chi connectivity index (χ1v) is 46.2. The monoisotopic (exact) mass is 1520 g/mol. The van der Waals surface area contributed by atoms with Gasteiger partial charge in [0.25, 0.3) is 0 Å². The quantitative estimate of drug-likeness (QED) is 0.0169. The van der Waals surface area contributed by atoms with E-state index in [-0.39, 0.29) is 25.7 Å². The molecule has 0 saturated heterocycles. The summed E-state index contributed by atoms with van der Waals surface area (Å²) in [7, 11) is -9.94. The molecule has 0 rings (SSSR count). The van der Waals surface area contributed by atoms with Crippen LogP contribution in [0.4, 0.5) is 0 Å². The number of ether oxygens (including phenoxy) is 4. The van der Waals surface area contributed by atoms with Crippen LogP contribution < -0.4 is 0 Å². The number of phosphoric acid groups is 2. The molecule has 0 fully saturated rings. The van der Waals surface area contributed by atoms with Gasteiger partial charge >= 0.3 is 39.5 Å². The van der Waals surface area contributed by atoms with Crippen LogP contribution in [0.5, 0.6) is 0 Å². The van der Waals surface area contributed by atoms with Crippen LogP contribution in [0, 0.1) is 17.8 Å². The largest absolute Gasteiger partial charge is 0.472 e. The molecule has 0 aliphatic rings. The molecule has 614 valence electrons. The third-order valence-corrected chi connectivity index (χ3v) is 21.9. The molecule has 0 aromatic carbocycles. The molecule has 0 amide bonds. The Morgan fingerprint density at radius 1 is 0.317 bits per heavy atom. The number of carbonyl (C=O) groups excluding carboxylic acids is 4. The molecular weight excluding hydrogens is 1350 g/mol. The first-order chi connectivity index (χ1) is 50.3. The van der Waals surface area contributed by atoms with Crippen LogP contribution in [-0.4, -0.2) is 96.7 Å². The van der Waals surface area contributed by atoms with E-state index < -0.39 is 97.5 Å². The van der Waals surface area contributed by atoms with E-state index in [2.05, 4.69) is 72.8 Å². The van der Waals surface area contributed by atoms with E-state index in [0.717, 1.165) is 127 Å². The van der Waals surface area contributed by atoms with Gasteiger partial charge in [0.05, 0.1) is 26.4 Å². The summed E-state index contributed by atoms with van der Waals surface area (Å²) >= 11 is 0. The molecule has 0 bridgehead atoms. The zero-order chi connectivity index (χ0) is 76.5. The zero-order valence-electron chi connectivity index (χ0n) is 68.0. The van der Waals surface area contributed by atoms with Crippen molar-refractivity contribution in [2.45, 2.75) is 439 Å². The predicted octanol–water partition coefficient (Wildman–Crippen LogP) is 25.3. The van der Waals surface area contributed by atoms with Crippen LogP contribution in [0.3, 0.4) is 0 Å². The summed E-state index contributed by atoms with van der Waals surface area (Å²) in [4.78, 5) is 73.1. The summed E-state index contributed by atoms with van der Waals surface area (Å²) in [5, 5.41) is 10.7. The summed E-state index contributed by atoms with van der Waals surface area (Å²) < 4.78 is 68.8. The van der Waals surface area contributed by atoms with E-state index in [9.17, 15) is 43.2 Å². The first kappa shape index (κ1) is 102. The van der Waals surface area contributed by atoms with Gasteiger partial charge in [-0.15, -0.1) is 0 Å². The number of hydrogen-bond donors (Lipinski definition) is 3. The number of aliphatic hydroxyl groups is 1. The van der Waals surface area contributed by atoms with Gasteiger partial charge in [0.1, 0.15) is 19.3 Å². The molecule has 7 atom stereocenters. The molecular formula is C85H162O17P2. The van der Waals surface area contributed by atoms with E-state index in [1.807, 2.05) is 0 Å². The smallest absolute Gasteiger partial charge is 0.462 e. The number of esters is 4. The molecule has 0 radical (unpaired) electrons. The van der Waals surface area contributed by atoms with Crippen molar-refractivity contribution in [3.05, 3.63) is 24.3 Å². The van der Waals surface area contributed by atoms with Crippen LogP contribution in [-0.2, 0) is 65.4 Å². The highest BCUT2D eigenvalue weighted by Gasteiger charge is 2.30. The highest BCUT2D eigenvalue weighted by molar-refractivity contribution is 7.47. The highest BCUT2D eigenvalue weighted by Crippen LogP contribution is 2.45. The second-order valence-electron chi connectivity index (χ2n) is 30.8. The van der Waals surface area contributed by atoms with Crippen LogP contribution >= 0.6 is 15.6 Å². The van der Waals surface area contributed by atoms with Gasteiger partial charge in [0, 0.05) is 25.7 Å². The zero-order valence-corrected chi connectivity index (χ0v) is 69.8. The molecule has 0 saturated carbocycles. The maximum absolute atomic E-state index is 13.1. The number of allylic oxidation sites excluding steroid dienone is 4. The molecule has 0 aromatic heterocycles. The van der Waals surface area contributed by atoms with Crippen molar-refractivity contribution >= 4 is 39.5 Å². The van der Waals surface area contributed by atoms with Crippen molar-refractivity contribution in [3.63, 3.8) is 0 Å². The van der Waals surface area contributed by atoms with Gasteiger partial charge in [-0.05, 0) is 69.1 Å². The average molecular weight is 1520 g/mol. The maximum Gasteiger partial charge on any atom is 0.472 e. The second-order valence-corrected chi connectivity index (χ2v) is 33.8. The van der Waals surface area contributed by atoms with Crippen molar-refractivity contribution < 1.29 is 80.2 Å². The summed E-state index contributed by atoms with van der Waals surface area (Å²) in [6, 6.07) is 0. The summed E-state index contributed by atoms with van der Waals surface area (Å²) in [5.74, 6) is 0.258. The Labute approximate surface area is 637 Å². The third kappa shape index (κ3) is 75.0. The molecule has 0 spiro atoms. The fraction of sp³-hybridized carbons (Fsp3) is 0.906. The van der Waals surface area contributed by atoms with Gasteiger partial charge < -0.3 is 33.8 Å². The van der Waals surface area contributed by atoms with Gasteiger partial charge in [0.2, 0.25) is 0 Å². The minimum Gasteiger partial charge on any atom is -0.462 e. The second kappa shape index (κ2) is 74.6. The lowest BCUT2D eigenvalue weighted by molar-refractivity contribution is -0.161.